The first-order valence-electron chi connectivity index (χ1n) is 7.21. The number of fused-ring (bicyclic) bond motifs is 1. The summed E-state index contributed by atoms with van der Waals surface area (Å²) in [4.78, 5) is 16.6. The number of aryl methyl sites for hydroxylation is 1. The predicted molar refractivity (Wildman–Crippen MR) is 84.3 cm³/mol. The fourth-order valence-electron chi connectivity index (χ4n) is 2.60. The number of nitrogens with one attached hydrogen (secondary N) is 2. The van der Waals surface area contributed by atoms with E-state index in [1.807, 2.05) is 19.1 Å². The molecule has 0 spiro atoms. The van der Waals surface area contributed by atoms with Gasteiger partial charge in [0.2, 0.25) is 5.91 Å². The summed E-state index contributed by atoms with van der Waals surface area (Å²) in [7, 11) is 0. The van der Waals surface area contributed by atoms with E-state index in [1.165, 1.54) is 11.1 Å². The Balaban J connectivity index is 1.50. The van der Waals surface area contributed by atoms with Gasteiger partial charge in [0.15, 0.2) is 0 Å². The number of benzene rings is 1. The van der Waals surface area contributed by atoms with Crippen LogP contribution >= 0.6 is 11.3 Å². The molecule has 0 radical (unpaired) electrons. The fraction of sp³-hybridized carbons (Fsp3) is 0.375. The lowest BCUT2D eigenvalue weighted by atomic mass is 9.95. The van der Waals surface area contributed by atoms with Gasteiger partial charge < -0.3 is 10.6 Å². The molecule has 110 valence electrons. The van der Waals surface area contributed by atoms with Gasteiger partial charge in [-0.05, 0) is 24.5 Å². The molecule has 1 aliphatic heterocycles. The molecule has 0 saturated heterocycles. The zero-order valence-corrected chi connectivity index (χ0v) is 12.9. The lowest BCUT2D eigenvalue weighted by molar-refractivity contribution is -0.123. The van der Waals surface area contributed by atoms with Crippen molar-refractivity contribution in [2.24, 2.45) is 0 Å². The van der Waals surface area contributed by atoms with E-state index in [9.17, 15) is 4.79 Å². The number of nitrogens with zero attached hydrogens (tertiary/aromatic N) is 1. The van der Waals surface area contributed by atoms with Crippen molar-refractivity contribution < 1.29 is 4.79 Å². The summed E-state index contributed by atoms with van der Waals surface area (Å²) in [6.45, 7) is 3.40. The van der Waals surface area contributed by atoms with E-state index in [2.05, 4.69) is 33.1 Å². The lowest BCUT2D eigenvalue weighted by Gasteiger charge is -2.25. The molecule has 4 nitrogen and oxygen atoms in total. The molecule has 0 aliphatic carbocycles. The van der Waals surface area contributed by atoms with Crippen molar-refractivity contribution in [3.63, 3.8) is 0 Å². The summed E-state index contributed by atoms with van der Waals surface area (Å²) in [6.07, 6.45) is 1.55. The van der Waals surface area contributed by atoms with Crippen LogP contribution in [0.5, 0.6) is 0 Å². The summed E-state index contributed by atoms with van der Waals surface area (Å²) < 4.78 is 0. The topological polar surface area (TPSA) is 54.0 Å². The van der Waals surface area contributed by atoms with Crippen LogP contribution in [-0.4, -0.2) is 23.5 Å². The van der Waals surface area contributed by atoms with E-state index in [1.54, 1.807) is 11.3 Å². The maximum absolute atomic E-state index is 12.2. The minimum Gasteiger partial charge on any atom is -0.354 e. The van der Waals surface area contributed by atoms with E-state index in [4.69, 9.17) is 0 Å². The number of carbonyl (C=O) groups excluding carboxylic acids is 1. The molecular formula is C16H19N3OS. The van der Waals surface area contributed by atoms with Gasteiger partial charge in [0.25, 0.3) is 0 Å². The highest BCUT2D eigenvalue weighted by Crippen LogP contribution is 2.16. The Morgan fingerprint density at radius 2 is 2.24 bits per heavy atom. The van der Waals surface area contributed by atoms with E-state index in [0.717, 1.165) is 30.1 Å². The van der Waals surface area contributed by atoms with Crippen molar-refractivity contribution in [2.45, 2.75) is 32.4 Å². The lowest BCUT2D eigenvalue weighted by Crippen LogP contribution is -2.48. The zero-order chi connectivity index (χ0) is 14.7. The van der Waals surface area contributed by atoms with Gasteiger partial charge >= 0.3 is 0 Å². The Bertz CT molecular complexity index is 638. The number of thiazole rings is 1. The molecule has 1 aromatic carbocycles. The molecule has 2 N–H and O–H groups in total. The van der Waals surface area contributed by atoms with Crippen LogP contribution in [-0.2, 0) is 24.2 Å². The molecule has 1 aromatic heterocycles. The Morgan fingerprint density at radius 3 is 3.00 bits per heavy atom. The molecule has 21 heavy (non-hydrogen) atoms. The van der Waals surface area contributed by atoms with Crippen LogP contribution in [0, 0.1) is 6.92 Å². The van der Waals surface area contributed by atoms with E-state index >= 15 is 0 Å². The van der Waals surface area contributed by atoms with Crippen LogP contribution in [0.3, 0.4) is 0 Å². The molecule has 1 atom stereocenters. The molecule has 0 fully saturated rings. The van der Waals surface area contributed by atoms with E-state index in [0.29, 0.717) is 6.54 Å². The molecular weight excluding hydrogens is 282 g/mol. The normalized spacial score (nSPS) is 17.3. The molecule has 0 unspecified atom stereocenters. The maximum Gasteiger partial charge on any atom is 0.237 e. The second-order valence-electron chi connectivity index (χ2n) is 5.31. The number of rotatable bonds is 4. The van der Waals surface area contributed by atoms with Crippen molar-refractivity contribution in [3.05, 3.63) is 51.5 Å². The first-order chi connectivity index (χ1) is 10.2. The molecule has 0 saturated carbocycles. The van der Waals surface area contributed by atoms with Crippen LogP contribution in [0.4, 0.5) is 0 Å². The average molecular weight is 301 g/mol. The van der Waals surface area contributed by atoms with Crippen molar-refractivity contribution in [2.75, 3.05) is 6.54 Å². The Morgan fingerprint density at radius 1 is 1.43 bits per heavy atom. The first-order valence-corrected chi connectivity index (χ1v) is 8.09. The van der Waals surface area contributed by atoms with Crippen LogP contribution in [0.25, 0.3) is 0 Å². The van der Waals surface area contributed by atoms with Crippen molar-refractivity contribution in [3.8, 4) is 0 Å². The number of aromatic nitrogens is 1. The quantitative estimate of drug-likeness (QED) is 0.906. The first kappa shape index (κ1) is 14.2. The van der Waals surface area contributed by atoms with Crippen LogP contribution < -0.4 is 10.6 Å². The van der Waals surface area contributed by atoms with Gasteiger partial charge in [-0.25, -0.2) is 4.98 Å². The highest BCUT2D eigenvalue weighted by molar-refractivity contribution is 7.09. The summed E-state index contributed by atoms with van der Waals surface area (Å²) in [5.74, 6) is 0.0801. The van der Waals surface area contributed by atoms with Gasteiger partial charge in [0.05, 0.1) is 16.7 Å². The maximum atomic E-state index is 12.2. The molecule has 1 amide bonds. The largest absolute Gasteiger partial charge is 0.354 e. The molecule has 3 rings (SSSR count). The van der Waals surface area contributed by atoms with Crippen molar-refractivity contribution in [1.82, 2.24) is 15.6 Å². The van der Waals surface area contributed by atoms with Gasteiger partial charge in [0, 0.05) is 24.9 Å². The minimum absolute atomic E-state index is 0.0801. The molecule has 2 heterocycles. The number of hydrogen-bond acceptors (Lipinski definition) is 4. The minimum atomic E-state index is -0.128. The van der Waals surface area contributed by atoms with Gasteiger partial charge in [-0.2, -0.15) is 0 Å². The third kappa shape index (κ3) is 3.49. The van der Waals surface area contributed by atoms with E-state index in [-0.39, 0.29) is 11.9 Å². The zero-order valence-electron chi connectivity index (χ0n) is 12.1. The third-order valence-electron chi connectivity index (χ3n) is 3.74. The van der Waals surface area contributed by atoms with Crippen LogP contribution in [0.15, 0.2) is 29.6 Å². The standard InChI is InChI=1S/C16H19N3OS/c1-11-19-14(10-21-11)6-7-17-16(20)15-8-12-4-2-3-5-13(12)9-18-15/h2-5,10,15,18H,6-9H2,1H3,(H,17,20)/t15-/m1/s1. The van der Waals surface area contributed by atoms with Crippen LogP contribution in [0.1, 0.15) is 21.8 Å². The van der Waals surface area contributed by atoms with Gasteiger partial charge in [0.1, 0.15) is 0 Å². The summed E-state index contributed by atoms with van der Waals surface area (Å²) in [5, 5.41) is 9.43. The molecule has 0 bridgehead atoms. The highest BCUT2D eigenvalue weighted by Gasteiger charge is 2.23. The number of hydrogen-bond donors (Lipinski definition) is 2. The van der Waals surface area contributed by atoms with Gasteiger partial charge in [-0.3, -0.25) is 4.79 Å². The highest BCUT2D eigenvalue weighted by atomic mass is 32.1. The Kier molecular flexibility index (Phi) is 4.31. The van der Waals surface area contributed by atoms with Crippen molar-refractivity contribution in [1.29, 1.82) is 0 Å². The Hall–Kier alpha value is -1.72. The number of carbonyl (C=O) groups is 1. The third-order valence-corrected chi connectivity index (χ3v) is 4.57. The summed E-state index contributed by atoms with van der Waals surface area (Å²) in [5.41, 5.74) is 3.62. The van der Waals surface area contributed by atoms with Gasteiger partial charge in [-0.1, -0.05) is 24.3 Å². The van der Waals surface area contributed by atoms with Crippen LogP contribution in [0.2, 0.25) is 0 Å². The SMILES string of the molecule is Cc1nc(CCNC(=O)[C@H]2Cc3ccccc3CN2)cs1. The van der Waals surface area contributed by atoms with E-state index < -0.39 is 0 Å². The average Bonchev–Trinajstić information content (AvgIpc) is 2.92. The smallest absolute Gasteiger partial charge is 0.237 e. The summed E-state index contributed by atoms with van der Waals surface area (Å²) >= 11 is 1.65. The molecule has 2 aromatic rings. The monoisotopic (exact) mass is 301 g/mol. The number of amides is 1. The second-order valence-corrected chi connectivity index (χ2v) is 6.37. The van der Waals surface area contributed by atoms with Gasteiger partial charge in [-0.15, -0.1) is 11.3 Å². The Labute approximate surface area is 128 Å². The summed E-state index contributed by atoms with van der Waals surface area (Å²) in [6, 6.07) is 8.16. The second kappa shape index (κ2) is 6.37. The fourth-order valence-corrected chi connectivity index (χ4v) is 3.25. The molecule has 5 heteroatoms. The predicted octanol–water partition coefficient (Wildman–Crippen LogP) is 1.82. The molecule has 1 aliphatic rings. The van der Waals surface area contributed by atoms with Crippen molar-refractivity contribution >= 4 is 17.2 Å².